The highest BCUT2D eigenvalue weighted by Crippen LogP contribution is 2.35. The van der Waals surface area contributed by atoms with Crippen LogP contribution in [0.1, 0.15) is 57.1 Å². The maximum absolute atomic E-state index is 12.1. The van der Waals surface area contributed by atoms with Crippen LogP contribution in [-0.2, 0) is 32.2 Å². The van der Waals surface area contributed by atoms with Gasteiger partial charge in [0.15, 0.2) is 18.7 Å². The second-order valence-electron chi connectivity index (χ2n) is 10.3. The van der Waals surface area contributed by atoms with E-state index in [0.29, 0.717) is 36.7 Å². The van der Waals surface area contributed by atoms with Gasteiger partial charge >= 0.3 is 12.1 Å². The zero-order valence-electron chi connectivity index (χ0n) is 24.1. The van der Waals surface area contributed by atoms with Crippen LogP contribution in [0.2, 0.25) is 5.15 Å². The minimum atomic E-state index is -0.476. The van der Waals surface area contributed by atoms with Gasteiger partial charge in [-0.25, -0.2) is 19.4 Å². The Balaban J connectivity index is 1.31. The lowest BCUT2D eigenvalue weighted by atomic mass is 10.1. The summed E-state index contributed by atoms with van der Waals surface area (Å²) in [6.45, 7) is 4.42. The SMILES string of the molecule is CC(=O)OCc1nc(Cl)cc(-c2nn(C3CCCCO3)c3ccc(OC(C)CCNC(=O)OCc4ccccc4)cc23)n1. The molecule has 12 heteroatoms. The van der Waals surface area contributed by atoms with Crippen molar-refractivity contribution in [3.05, 3.63) is 71.1 Å². The van der Waals surface area contributed by atoms with Crippen molar-refractivity contribution < 1.29 is 28.5 Å². The van der Waals surface area contributed by atoms with E-state index in [1.807, 2.05) is 60.1 Å². The normalized spacial score (nSPS) is 15.6. The Bertz CT molecular complexity index is 1560. The van der Waals surface area contributed by atoms with Crippen molar-refractivity contribution in [2.24, 2.45) is 0 Å². The Morgan fingerprint density at radius 1 is 1.09 bits per heavy atom. The first kappa shape index (κ1) is 30.2. The zero-order chi connectivity index (χ0) is 30.2. The molecule has 3 heterocycles. The summed E-state index contributed by atoms with van der Waals surface area (Å²) in [5.41, 5.74) is 2.86. The number of carbonyl (C=O) groups excluding carboxylic acids is 2. The highest BCUT2D eigenvalue weighted by atomic mass is 35.5. The number of rotatable bonds is 11. The van der Waals surface area contributed by atoms with Crippen LogP contribution in [0.4, 0.5) is 4.79 Å². The van der Waals surface area contributed by atoms with Crippen LogP contribution in [0, 0.1) is 0 Å². The molecule has 1 aliphatic rings. The van der Waals surface area contributed by atoms with Crippen LogP contribution in [0.5, 0.6) is 5.75 Å². The largest absolute Gasteiger partial charge is 0.491 e. The van der Waals surface area contributed by atoms with Crippen molar-refractivity contribution in [1.29, 1.82) is 0 Å². The van der Waals surface area contributed by atoms with Crippen molar-refractivity contribution in [3.8, 4) is 17.1 Å². The third kappa shape index (κ3) is 8.20. The summed E-state index contributed by atoms with van der Waals surface area (Å²) in [6.07, 6.45) is 2.59. The lowest BCUT2D eigenvalue weighted by Crippen LogP contribution is -2.28. The smallest absolute Gasteiger partial charge is 0.407 e. The molecule has 0 radical (unpaired) electrons. The quantitative estimate of drug-likeness (QED) is 0.161. The monoisotopic (exact) mass is 607 g/mol. The van der Waals surface area contributed by atoms with Crippen LogP contribution < -0.4 is 10.1 Å². The number of amides is 1. The summed E-state index contributed by atoms with van der Waals surface area (Å²) in [6, 6.07) is 16.9. The zero-order valence-corrected chi connectivity index (χ0v) is 24.9. The van der Waals surface area contributed by atoms with Gasteiger partial charge in [-0.3, -0.25) is 4.79 Å². The van der Waals surface area contributed by atoms with Crippen molar-refractivity contribution in [1.82, 2.24) is 25.1 Å². The molecular weight excluding hydrogens is 574 g/mol. The number of fused-ring (bicyclic) bond motifs is 1. The number of benzene rings is 2. The molecule has 0 saturated carbocycles. The highest BCUT2D eigenvalue weighted by Gasteiger charge is 2.23. The molecule has 4 aromatic rings. The second-order valence-corrected chi connectivity index (χ2v) is 10.7. The molecule has 1 fully saturated rings. The molecule has 2 aromatic carbocycles. The van der Waals surface area contributed by atoms with E-state index in [2.05, 4.69) is 15.3 Å². The molecule has 1 aliphatic heterocycles. The number of ether oxygens (including phenoxy) is 4. The van der Waals surface area contributed by atoms with E-state index < -0.39 is 12.1 Å². The predicted octanol–water partition coefficient (Wildman–Crippen LogP) is 5.99. The van der Waals surface area contributed by atoms with E-state index in [-0.39, 0.29) is 36.5 Å². The van der Waals surface area contributed by atoms with Crippen molar-refractivity contribution in [2.45, 2.75) is 65.1 Å². The number of nitrogens with one attached hydrogen (secondary N) is 1. The highest BCUT2D eigenvalue weighted by molar-refractivity contribution is 6.29. The topological polar surface area (TPSA) is 127 Å². The number of aromatic nitrogens is 4. The van der Waals surface area contributed by atoms with Crippen LogP contribution in [-0.4, -0.2) is 51.1 Å². The molecule has 2 unspecified atom stereocenters. The average Bonchev–Trinajstić information content (AvgIpc) is 3.39. The van der Waals surface area contributed by atoms with E-state index >= 15 is 0 Å². The summed E-state index contributed by atoms with van der Waals surface area (Å²) >= 11 is 6.33. The maximum atomic E-state index is 12.1. The third-order valence-corrected chi connectivity index (χ3v) is 7.06. The Labute approximate surface area is 254 Å². The van der Waals surface area contributed by atoms with Crippen molar-refractivity contribution in [2.75, 3.05) is 13.2 Å². The van der Waals surface area contributed by atoms with Crippen molar-refractivity contribution >= 4 is 34.6 Å². The van der Waals surface area contributed by atoms with Crippen LogP contribution in [0.15, 0.2) is 54.6 Å². The predicted molar refractivity (Wildman–Crippen MR) is 159 cm³/mol. The molecule has 226 valence electrons. The van der Waals surface area contributed by atoms with Gasteiger partial charge in [-0.15, -0.1) is 0 Å². The molecule has 2 atom stereocenters. The Kier molecular flexibility index (Phi) is 10.1. The lowest BCUT2D eigenvalue weighted by molar-refractivity contribution is -0.142. The lowest BCUT2D eigenvalue weighted by Gasteiger charge is -2.23. The number of nitrogens with zero attached hydrogens (tertiary/aromatic N) is 4. The molecule has 1 saturated heterocycles. The van der Waals surface area contributed by atoms with E-state index in [1.165, 1.54) is 6.92 Å². The Morgan fingerprint density at radius 3 is 2.70 bits per heavy atom. The third-order valence-electron chi connectivity index (χ3n) is 6.86. The molecule has 0 aliphatic carbocycles. The number of halogens is 1. The summed E-state index contributed by atoms with van der Waals surface area (Å²) in [5, 5.41) is 8.69. The maximum Gasteiger partial charge on any atom is 0.407 e. The van der Waals surface area contributed by atoms with Gasteiger partial charge in [0, 0.05) is 37.9 Å². The molecule has 5 rings (SSSR count). The molecule has 0 bridgehead atoms. The summed E-state index contributed by atoms with van der Waals surface area (Å²) in [4.78, 5) is 32.2. The van der Waals surface area contributed by atoms with Gasteiger partial charge in [-0.1, -0.05) is 41.9 Å². The molecule has 1 amide bonds. The van der Waals surface area contributed by atoms with Crippen LogP contribution in [0.3, 0.4) is 0 Å². The number of carbonyl (C=O) groups is 2. The number of esters is 1. The standard InChI is InChI=1S/C31H34ClN5O6/c1-20(13-14-33-31(39)42-18-22-8-4-3-5-9-22)43-23-11-12-26-24(16-23)30(36-37(26)29-10-6-7-15-40-29)25-17-27(32)35-28(34-25)19-41-21(2)38/h3-5,8-9,11-12,16-17,20,29H,6-7,10,13-15,18-19H2,1-2H3,(H,33,39). The number of alkyl carbamates (subject to hydrolysis) is 1. The fraction of sp³-hybridized carbons (Fsp3) is 0.387. The molecule has 2 aromatic heterocycles. The fourth-order valence-corrected chi connectivity index (χ4v) is 4.98. The van der Waals surface area contributed by atoms with Gasteiger partial charge in [0.2, 0.25) is 0 Å². The summed E-state index contributed by atoms with van der Waals surface area (Å²) in [7, 11) is 0. The molecule has 0 spiro atoms. The minimum Gasteiger partial charge on any atom is -0.491 e. The van der Waals surface area contributed by atoms with E-state index in [9.17, 15) is 9.59 Å². The van der Waals surface area contributed by atoms with Gasteiger partial charge < -0.3 is 24.3 Å². The summed E-state index contributed by atoms with van der Waals surface area (Å²) in [5.74, 6) is 0.465. The van der Waals surface area contributed by atoms with E-state index in [4.69, 9.17) is 35.6 Å². The first-order chi connectivity index (χ1) is 20.9. The Morgan fingerprint density at radius 2 is 1.93 bits per heavy atom. The van der Waals surface area contributed by atoms with Gasteiger partial charge in [0.25, 0.3) is 0 Å². The first-order valence-corrected chi connectivity index (χ1v) is 14.7. The fourth-order valence-electron chi connectivity index (χ4n) is 4.78. The molecule has 43 heavy (non-hydrogen) atoms. The molecule has 11 nitrogen and oxygen atoms in total. The first-order valence-electron chi connectivity index (χ1n) is 14.3. The number of hydrogen-bond acceptors (Lipinski definition) is 9. The van der Waals surface area contributed by atoms with Gasteiger partial charge in [0.05, 0.1) is 17.3 Å². The van der Waals surface area contributed by atoms with Gasteiger partial charge in [-0.05, 0) is 49.9 Å². The van der Waals surface area contributed by atoms with Gasteiger partial charge in [0.1, 0.15) is 23.2 Å². The van der Waals surface area contributed by atoms with Crippen LogP contribution in [0.25, 0.3) is 22.3 Å². The number of hydrogen-bond donors (Lipinski definition) is 1. The second kappa shape index (κ2) is 14.3. The van der Waals surface area contributed by atoms with Crippen LogP contribution >= 0.6 is 11.6 Å². The van der Waals surface area contributed by atoms with E-state index in [1.54, 1.807) is 6.07 Å². The van der Waals surface area contributed by atoms with Gasteiger partial charge in [-0.2, -0.15) is 5.10 Å². The molecular formula is C31H34ClN5O6. The van der Waals surface area contributed by atoms with E-state index in [0.717, 1.165) is 35.7 Å². The minimum absolute atomic E-state index is 0.104. The average molecular weight is 608 g/mol. The van der Waals surface area contributed by atoms with Crippen molar-refractivity contribution in [3.63, 3.8) is 0 Å². The molecule has 1 N–H and O–H groups in total. The summed E-state index contributed by atoms with van der Waals surface area (Å²) < 4.78 is 24.5. The Hall–Kier alpha value is -4.22.